The van der Waals surface area contributed by atoms with Gasteiger partial charge in [0.2, 0.25) is 5.91 Å². The average Bonchev–Trinajstić information content (AvgIpc) is 3.12. The Morgan fingerprint density at radius 3 is 2.38 bits per heavy atom. The maximum Gasteiger partial charge on any atom is 0.244 e. The number of carbonyl (C=O) groups is 2. The third-order valence-electron chi connectivity index (χ3n) is 5.04. The molecule has 0 bridgehead atoms. The number of hydrogen-bond donors (Lipinski definition) is 1. The number of amides is 1. The Kier molecular flexibility index (Phi) is 6.29. The Morgan fingerprint density at radius 1 is 1.17 bits per heavy atom. The number of nitrogens with two attached hydrogens (primary N) is 1. The molecule has 0 radical (unpaired) electrons. The summed E-state index contributed by atoms with van der Waals surface area (Å²) in [5, 5.41) is 19.3. The van der Waals surface area contributed by atoms with Crippen LogP contribution in [0.1, 0.15) is 24.5 Å². The van der Waals surface area contributed by atoms with E-state index in [2.05, 4.69) is 5.10 Å². The molecule has 0 fully saturated rings. The monoisotopic (exact) mass is 394 g/mol. The van der Waals surface area contributed by atoms with Crippen molar-refractivity contribution in [1.82, 2.24) is 5.01 Å². The second-order valence-electron chi connectivity index (χ2n) is 7.43. The summed E-state index contributed by atoms with van der Waals surface area (Å²) in [7, 11) is 3.94. The minimum Gasteiger partial charge on any atom is -0.544 e. The van der Waals surface area contributed by atoms with Crippen LogP contribution in [-0.2, 0) is 16.0 Å². The van der Waals surface area contributed by atoms with Gasteiger partial charge in [0.1, 0.15) is 6.04 Å². The van der Waals surface area contributed by atoms with E-state index in [1.165, 1.54) is 11.9 Å². The van der Waals surface area contributed by atoms with E-state index >= 15 is 0 Å². The minimum absolute atomic E-state index is 0.219. The van der Waals surface area contributed by atoms with E-state index in [1.54, 1.807) is 5.32 Å². The highest BCUT2D eigenvalue weighted by molar-refractivity contribution is 6.03. The number of quaternary nitrogens is 1. The smallest absolute Gasteiger partial charge is 0.244 e. The summed E-state index contributed by atoms with van der Waals surface area (Å²) in [5.74, 6) is -1.37. The number of hydrogen-bond acceptors (Lipinski definition) is 5. The van der Waals surface area contributed by atoms with Crippen molar-refractivity contribution in [2.75, 3.05) is 19.0 Å². The molecule has 2 atom stereocenters. The van der Waals surface area contributed by atoms with Gasteiger partial charge in [-0.25, -0.2) is 0 Å². The molecule has 0 aromatic heterocycles. The minimum atomic E-state index is -1.15. The Labute approximate surface area is 170 Å². The van der Waals surface area contributed by atoms with E-state index in [-0.39, 0.29) is 5.91 Å². The Hall–Kier alpha value is -3.19. The van der Waals surface area contributed by atoms with Crippen LogP contribution in [0.5, 0.6) is 0 Å². The molecule has 1 amide bonds. The molecule has 1 aliphatic rings. The zero-order valence-electron chi connectivity index (χ0n) is 16.9. The van der Waals surface area contributed by atoms with Gasteiger partial charge in [0.15, 0.2) is 6.17 Å². The van der Waals surface area contributed by atoms with Crippen molar-refractivity contribution < 1.29 is 20.0 Å². The van der Waals surface area contributed by atoms with Gasteiger partial charge in [0.25, 0.3) is 0 Å². The maximum atomic E-state index is 12.1. The van der Waals surface area contributed by atoms with Crippen molar-refractivity contribution in [2.45, 2.75) is 32.0 Å². The zero-order chi connectivity index (χ0) is 21.0. The summed E-state index contributed by atoms with van der Waals surface area (Å²) in [5.41, 5.74) is 3.67. The van der Waals surface area contributed by atoms with Gasteiger partial charge in [0, 0.05) is 33.1 Å². The lowest BCUT2D eigenvalue weighted by Crippen LogP contribution is -3.00. The van der Waals surface area contributed by atoms with Crippen LogP contribution < -0.4 is 15.3 Å². The Bertz CT molecular complexity index is 894. The van der Waals surface area contributed by atoms with E-state index in [1.807, 2.05) is 73.6 Å². The summed E-state index contributed by atoms with van der Waals surface area (Å²) >= 11 is 0. The fraction of sp³-hybridized carbons (Fsp3) is 0.318. The van der Waals surface area contributed by atoms with Crippen molar-refractivity contribution in [3.63, 3.8) is 0 Å². The molecule has 29 heavy (non-hydrogen) atoms. The van der Waals surface area contributed by atoms with Crippen LogP contribution in [0.15, 0.2) is 59.7 Å². The van der Waals surface area contributed by atoms with Crippen LogP contribution >= 0.6 is 0 Å². The molecular formula is C22H26N4O3. The molecule has 3 rings (SSSR count). The van der Waals surface area contributed by atoms with Crippen LogP contribution in [-0.4, -0.2) is 48.9 Å². The highest BCUT2D eigenvalue weighted by atomic mass is 16.4. The summed E-state index contributed by atoms with van der Waals surface area (Å²) in [6.07, 6.45) is 0.375. The quantitative estimate of drug-likeness (QED) is 0.713. The van der Waals surface area contributed by atoms with Gasteiger partial charge in [-0.05, 0) is 23.3 Å². The zero-order valence-corrected chi connectivity index (χ0v) is 16.9. The van der Waals surface area contributed by atoms with Gasteiger partial charge >= 0.3 is 0 Å². The van der Waals surface area contributed by atoms with E-state index in [4.69, 9.17) is 0 Å². The first kappa shape index (κ1) is 20.5. The largest absolute Gasteiger partial charge is 0.544 e. The highest BCUT2D eigenvalue weighted by Crippen LogP contribution is 2.20. The topological polar surface area (TPSA) is 92.7 Å². The number of carboxylic acid groups (broad SMARTS) is 1. The third-order valence-corrected chi connectivity index (χ3v) is 5.04. The predicted molar refractivity (Wildman–Crippen MR) is 109 cm³/mol. The van der Waals surface area contributed by atoms with Crippen molar-refractivity contribution in [3.05, 3.63) is 65.7 Å². The van der Waals surface area contributed by atoms with E-state index < -0.39 is 18.2 Å². The normalized spacial score (nSPS) is 17.0. The van der Waals surface area contributed by atoms with Crippen molar-refractivity contribution in [1.29, 1.82) is 0 Å². The summed E-state index contributed by atoms with van der Waals surface area (Å²) in [4.78, 5) is 25.9. The van der Waals surface area contributed by atoms with Gasteiger partial charge in [-0.3, -0.25) is 4.79 Å². The van der Waals surface area contributed by atoms with E-state index in [9.17, 15) is 14.7 Å². The van der Waals surface area contributed by atoms with Crippen molar-refractivity contribution in [3.8, 4) is 0 Å². The highest BCUT2D eigenvalue weighted by Gasteiger charge is 2.35. The molecule has 2 aromatic rings. The van der Waals surface area contributed by atoms with Gasteiger partial charge in [-0.15, -0.1) is 0 Å². The van der Waals surface area contributed by atoms with E-state index in [0.717, 1.165) is 22.5 Å². The van der Waals surface area contributed by atoms with Gasteiger partial charge in [-0.2, -0.15) is 10.1 Å². The van der Waals surface area contributed by atoms with Crippen molar-refractivity contribution >= 4 is 23.3 Å². The Morgan fingerprint density at radius 2 is 1.83 bits per heavy atom. The number of rotatable bonds is 7. The molecule has 0 spiro atoms. The SMILES string of the molecule is CC(=O)N1N=C(c2ccc(N(C)C)cc2)C[C@@H]1[NH2+][C@@H](Cc1ccccc1)C(=O)[O-]. The first-order valence-electron chi connectivity index (χ1n) is 9.60. The summed E-state index contributed by atoms with van der Waals surface area (Å²) in [6, 6.07) is 16.5. The molecular weight excluding hydrogens is 368 g/mol. The number of aliphatic carboxylic acids is 1. The molecule has 0 aliphatic carbocycles. The third kappa shape index (κ3) is 5.00. The fourth-order valence-electron chi connectivity index (χ4n) is 3.48. The molecule has 2 aromatic carbocycles. The maximum absolute atomic E-state index is 12.1. The number of anilines is 1. The molecule has 0 saturated heterocycles. The lowest BCUT2D eigenvalue weighted by atomic mass is 10.0. The Balaban J connectivity index is 1.76. The number of carbonyl (C=O) groups excluding carboxylic acids is 2. The summed E-state index contributed by atoms with van der Waals surface area (Å²) < 4.78 is 0. The molecule has 152 valence electrons. The first-order chi connectivity index (χ1) is 13.8. The van der Waals surface area contributed by atoms with Crippen molar-refractivity contribution in [2.24, 2.45) is 5.10 Å². The molecule has 7 nitrogen and oxygen atoms in total. The first-order valence-corrected chi connectivity index (χ1v) is 9.60. The average molecular weight is 394 g/mol. The van der Waals surface area contributed by atoms with Crippen LogP contribution in [0, 0.1) is 0 Å². The molecule has 0 unspecified atom stereocenters. The number of benzene rings is 2. The number of hydrazone groups is 1. The van der Waals surface area contributed by atoms with E-state index in [0.29, 0.717) is 12.8 Å². The lowest BCUT2D eigenvalue weighted by molar-refractivity contribution is -0.728. The summed E-state index contributed by atoms with van der Waals surface area (Å²) in [6.45, 7) is 1.44. The number of carboxylic acids is 1. The van der Waals surface area contributed by atoms with Crippen LogP contribution in [0.4, 0.5) is 5.69 Å². The predicted octanol–water partition coefficient (Wildman–Crippen LogP) is -0.0404. The molecule has 1 heterocycles. The fourth-order valence-corrected chi connectivity index (χ4v) is 3.48. The van der Waals surface area contributed by atoms with Gasteiger partial charge < -0.3 is 20.1 Å². The second-order valence-corrected chi connectivity index (χ2v) is 7.43. The molecule has 1 aliphatic heterocycles. The molecule has 7 heteroatoms. The van der Waals surface area contributed by atoms with Gasteiger partial charge in [0.05, 0.1) is 18.1 Å². The molecule has 2 N–H and O–H groups in total. The molecule has 0 saturated carbocycles. The van der Waals surface area contributed by atoms with Crippen LogP contribution in [0.2, 0.25) is 0 Å². The van der Waals surface area contributed by atoms with Crippen LogP contribution in [0.3, 0.4) is 0 Å². The second kappa shape index (κ2) is 8.87. The number of nitrogens with zero attached hydrogens (tertiary/aromatic N) is 3. The standard InChI is InChI=1S/C22H26N4O3/c1-15(27)26-21(23-20(22(28)29)13-16-7-5-4-6-8-16)14-19(24-26)17-9-11-18(12-10-17)25(2)3/h4-12,20-21,23H,13-14H2,1-3H3,(H,28,29)/t20-,21+/m0/s1. The van der Waals surface area contributed by atoms with Crippen LogP contribution in [0.25, 0.3) is 0 Å². The van der Waals surface area contributed by atoms with Gasteiger partial charge in [-0.1, -0.05) is 42.5 Å². The lowest BCUT2D eigenvalue weighted by Gasteiger charge is -2.24.